The minimum Gasteiger partial charge on any atom is -0.344 e. The van der Waals surface area contributed by atoms with Crippen LogP contribution in [-0.4, -0.2) is 25.8 Å². The molecule has 8 heteroatoms. The highest BCUT2D eigenvalue weighted by Gasteiger charge is 2.29. The summed E-state index contributed by atoms with van der Waals surface area (Å²) in [6.45, 7) is 10.0. The van der Waals surface area contributed by atoms with Crippen LogP contribution in [0.25, 0.3) is 0 Å². The third-order valence-corrected chi connectivity index (χ3v) is 4.26. The standard InChI is InChI=1S/C17H27N3O4S/c1-16(2,3)11-17(4,5)20-15(22)14(21)19-10-12-6-8-13(9-7-12)25(18,23)24/h6-9H,10-11H2,1-5H3,(H,19,21)(H,20,22)(H2,18,23,24). The molecular weight excluding hydrogens is 342 g/mol. The first-order valence-corrected chi connectivity index (χ1v) is 9.46. The topological polar surface area (TPSA) is 118 Å². The number of carbonyl (C=O) groups excluding carboxylic acids is 2. The highest BCUT2D eigenvalue weighted by molar-refractivity contribution is 7.89. The predicted molar refractivity (Wildman–Crippen MR) is 96.0 cm³/mol. The van der Waals surface area contributed by atoms with Gasteiger partial charge in [-0.2, -0.15) is 0 Å². The predicted octanol–water partition coefficient (Wildman–Crippen LogP) is 1.28. The van der Waals surface area contributed by atoms with E-state index in [2.05, 4.69) is 31.4 Å². The molecule has 1 aromatic rings. The number of carbonyl (C=O) groups is 2. The average Bonchev–Trinajstić information content (AvgIpc) is 2.40. The summed E-state index contributed by atoms with van der Waals surface area (Å²) in [5.74, 6) is -1.44. The molecule has 0 radical (unpaired) electrons. The van der Waals surface area contributed by atoms with Crippen LogP contribution in [-0.2, 0) is 26.2 Å². The Hall–Kier alpha value is -1.93. The maximum atomic E-state index is 12.0. The SMILES string of the molecule is CC(C)(C)CC(C)(C)NC(=O)C(=O)NCc1ccc(S(N)(=O)=O)cc1. The molecule has 0 bridgehead atoms. The van der Waals surface area contributed by atoms with Crippen molar-refractivity contribution in [1.82, 2.24) is 10.6 Å². The molecule has 1 rings (SSSR count). The van der Waals surface area contributed by atoms with Crippen molar-refractivity contribution in [3.8, 4) is 0 Å². The van der Waals surface area contributed by atoms with Crippen LogP contribution in [0.1, 0.15) is 46.6 Å². The normalized spacial score (nSPS) is 12.6. The lowest BCUT2D eigenvalue weighted by Crippen LogP contribution is -2.51. The molecule has 25 heavy (non-hydrogen) atoms. The first-order chi connectivity index (χ1) is 11.2. The van der Waals surface area contributed by atoms with Crippen molar-refractivity contribution in [2.24, 2.45) is 10.6 Å². The molecule has 0 aliphatic heterocycles. The second kappa shape index (κ2) is 7.53. The summed E-state index contributed by atoms with van der Waals surface area (Å²) in [4.78, 5) is 24.0. The molecular formula is C17H27N3O4S. The second-order valence-corrected chi connectivity index (χ2v) is 9.51. The minimum absolute atomic E-state index is 0.00995. The summed E-state index contributed by atoms with van der Waals surface area (Å²) >= 11 is 0. The summed E-state index contributed by atoms with van der Waals surface area (Å²) in [6.07, 6.45) is 0.716. The van der Waals surface area contributed by atoms with Gasteiger partial charge in [0.05, 0.1) is 4.90 Å². The van der Waals surface area contributed by atoms with E-state index in [0.29, 0.717) is 12.0 Å². The van der Waals surface area contributed by atoms with Gasteiger partial charge in [0.2, 0.25) is 10.0 Å². The van der Waals surface area contributed by atoms with Gasteiger partial charge in [-0.1, -0.05) is 32.9 Å². The molecule has 0 atom stereocenters. The molecule has 0 fully saturated rings. The van der Waals surface area contributed by atoms with Crippen molar-refractivity contribution in [3.63, 3.8) is 0 Å². The Labute approximate surface area is 149 Å². The third-order valence-electron chi connectivity index (χ3n) is 3.34. The zero-order chi connectivity index (χ0) is 19.5. The van der Waals surface area contributed by atoms with E-state index in [-0.39, 0.29) is 16.9 Å². The Morgan fingerprint density at radius 1 is 1.00 bits per heavy atom. The highest BCUT2D eigenvalue weighted by atomic mass is 32.2. The molecule has 0 aliphatic carbocycles. The second-order valence-electron chi connectivity index (χ2n) is 7.95. The molecule has 140 valence electrons. The van der Waals surface area contributed by atoms with Crippen LogP contribution < -0.4 is 15.8 Å². The molecule has 0 heterocycles. The Bertz CT molecular complexity index is 732. The molecule has 0 unspecified atom stereocenters. The van der Waals surface area contributed by atoms with E-state index in [1.165, 1.54) is 24.3 Å². The smallest absolute Gasteiger partial charge is 0.309 e. The molecule has 0 spiro atoms. The molecule has 0 saturated heterocycles. The fourth-order valence-electron chi connectivity index (χ4n) is 2.79. The van der Waals surface area contributed by atoms with Crippen LogP contribution >= 0.6 is 0 Å². The average molecular weight is 369 g/mol. The van der Waals surface area contributed by atoms with Gasteiger partial charge < -0.3 is 10.6 Å². The largest absolute Gasteiger partial charge is 0.344 e. The Morgan fingerprint density at radius 3 is 1.96 bits per heavy atom. The van der Waals surface area contributed by atoms with Crippen molar-refractivity contribution in [3.05, 3.63) is 29.8 Å². The molecule has 0 saturated carbocycles. The van der Waals surface area contributed by atoms with Crippen LogP contribution in [0.5, 0.6) is 0 Å². The van der Waals surface area contributed by atoms with Crippen molar-refractivity contribution in [2.45, 2.75) is 58.0 Å². The van der Waals surface area contributed by atoms with Crippen LogP contribution in [0.2, 0.25) is 0 Å². The number of primary sulfonamides is 1. The van der Waals surface area contributed by atoms with Crippen molar-refractivity contribution in [2.75, 3.05) is 0 Å². The highest BCUT2D eigenvalue weighted by Crippen LogP contribution is 2.26. The van der Waals surface area contributed by atoms with Crippen molar-refractivity contribution >= 4 is 21.8 Å². The van der Waals surface area contributed by atoms with E-state index in [1.807, 2.05) is 13.8 Å². The Kier molecular flexibility index (Phi) is 6.36. The summed E-state index contributed by atoms with van der Waals surface area (Å²) in [7, 11) is -3.75. The van der Waals surface area contributed by atoms with E-state index < -0.39 is 27.4 Å². The third kappa shape index (κ3) is 7.66. The lowest BCUT2D eigenvalue weighted by atomic mass is 9.82. The van der Waals surface area contributed by atoms with Gasteiger partial charge in [0.15, 0.2) is 0 Å². The number of amides is 2. The first kappa shape index (κ1) is 21.1. The lowest BCUT2D eigenvalue weighted by molar-refractivity contribution is -0.140. The van der Waals surface area contributed by atoms with E-state index in [1.54, 1.807) is 0 Å². The number of benzene rings is 1. The summed E-state index contributed by atoms with van der Waals surface area (Å²) < 4.78 is 22.4. The van der Waals surface area contributed by atoms with Gasteiger partial charge in [-0.3, -0.25) is 9.59 Å². The Morgan fingerprint density at radius 2 is 1.52 bits per heavy atom. The monoisotopic (exact) mass is 369 g/mol. The maximum absolute atomic E-state index is 12.0. The summed E-state index contributed by atoms with van der Waals surface area (Å²) in [6, 6.07) is 5.76. The number of nitrogens with two attached hydrogens (primary N) is 1. The lowest BCUT2D eigenvalue weighted by Gasteiger charge is -2.33. The van der Waals surface area contributed by atoms with Crippen molar-refractivity contribution < 1.29 is 18.0 Å². The maximum Gasteiger partial charge on any atom is 0.309 e. The molecule has 2 amide bonds. The van der Waals surface area contributed by atoms with Crippen LogP contribution in [0.15, 0.2) is 29.2 Å². The van der Waals surface area contributed by atoms with Crippen LogP contribution in [0.4, 0.5) is 0 Å². The minimum atomic E-state index is -3.75. The van der Waals surface area contributed by atoms with Crippen LogP contribution in [0, 0.1) is 5.41 Å². The summed E-state index contributed by atoms with van der Waals surface area (Å²) in [5.41, 5.74) is 0.157. The van der Waals surface area contributed by atoms with E-state index in [4.69, 9.17) is 5.14 Å². The van der Waals surface area contributed by atoms with Gasteiger partial charge in [0.25, 0.3) is 0 Å². The zero-order valence-corrected chi connectivity index (χ0v) is 16.2. The zero-order valence-electron chi connectivity index (χ0n) is 15.3. The number of hydrogen-bond donors (Lipinski definition) is 3. The first-order valence-electron chi connectivity index (χ1n) is 7.92. The van der Waals surface area contributed by atoms with Gasteiger partial charge in [-0.25, -0.2) is 13.6 Å². The van der Waals surface area contributed by atoms with Gasteiger partial charge in [0.1, 0.15) is 0 Å². The van der Waals surface area contributed by atoms with E-state index in [0.717, 1.165) is 0 Å². The van der Waals surface area contributed by atoms with Gasteiger partial charge in [-0.15, -0.1) is 0 Å². The molecule has 7 nitrogen and oxygen atoms in total. The molecule has 1 aromatic carbocycles. The van der Waals surface area contributed by atoms with Gasteiger partial charge >= 0.3 is 11.8 Å². The molecule has 4 N–H and O–H groups in total. The van der Waals surface area contributed by atoms with Crippen LogP contribution in [0.3, 0.4) is 0 Å². The number of hydrogen-bond acceptors (Lipinski definition) is 4. The number of rotatable bonds is 5. The van der Waals surface area contributed by atoms with E-state index in [9.17, 15) is 18.0 Å². The summed E-state index contributed by atoms with van der Waals surface area (Å²) in [5, 5.41) is 10.3. The number of sulfonamides is 1. The van der Waals surface area contributed by atoms with Gasteiger partial charge in [0, 0.05) is 12.1 Å². The Balaban J connectivity index is 2.60. The van der Waals surface area contributed by atoms with E-state index >= 15 is 0 Å². The fraction of sp³-hybridized carbons (Fsp3) is 0.529. The molecule has 0 aromatic heterocycles. The quantitative estimate of drug-likeness (QED) is 0.677. The van der Waals surface area contributed by atoms with Gasteiger partial charge in [-0.05, 0) is 43.4 Å². The molecule has 0 aliphatic rings. The fourth-order valence-corrected chi connectivity index (χ4v) is 3.31. The van der Waals surface area contributed by atoms with Crippen molar-refractivity contribution in [1.29, 1.82) is 0 Å². The number of nitrogens with one attached hydrogen (secondary N) is 2.